The number of ether oxygens (including phenoxy) is 2. The number of nitrogens with one attached hydrogen (secondary N) is 2. The van der Waals surface area contributed by atoms with Gasteiger partial charge in [0, 0.05) is 62.8 Å². The number of carbonyl (C=O) groups excluding carboxylic acids is 7. The lowest BCUT2D eigenvalue weighted by Gasteiger charge is -2.35. The molecule has 418 valence electrons. The number of Topliss-reactive ketones (excluding diaryl/α,β-unsaturated/α-hetero) is 1. The van der Waals surface area contributed by atoms with Crippen LogP contribution >= 0.6 is 22.7 Å². The number of carbonyl (C=O) groups is 7. The van der Waals surface area contributed by atoms with Gasteiger partial charge in [-0.05, 0) is 89.4 Å². The molecule has 0 unspecified atom stereocenters. The molecule has 81 heavy (non-hydrogen) atoms. The summed E-state index contributed by atoms with van der Waals surface area (Å²) in [5.74, 6) is 2.96. The van der Waals surface area contributed by atoms with Gasteiger partial charge >= 0.3 is 0 Å². The predicted octanol–water partition coefficient (Wildman–Crippen LogP) is 7.36. The number of thiazole rings is 2. The summed E-state index contributed by atoms with van der Waals surface area (Å²) >= 11 is 3.11. The lowest BCUT2D eigenvalue weighted by molar-refractivity contribution is -0.143. The summed E-state index contributed by atoms with van der Waals surface area (Å²) in [6.07, 6.45) is -0.711. The molecule has 17 nitrogen and oxygen atoms in total. The van der Waals surface area contributed by atoms with E-state index in [-0.39, 0.29) is 88.2 Å². The van der Waals surface area contributed by atoms with E-state index in [9.17, 15) is 28.8 Å². The molecule has 4 aliphatic rings. The molecule has 2 fully saturated rings. The number of ketones is 1. The minimum Gasteiger partial charge on any atom is -0.488 e. The number of hydrogen-bond donors (Lipinski definition) is 2. The van der Waals surface area contributed by atoms with E-state index in [1.54, 1.807) is 70.5 Å². The van der Waals surface area contributed by atoms with Crippen molar-refractivity contribution >= 4 is 63.9 Å². The van der Waals surface area contributed by atoms with Gasteiger partial charge < -0.3 is 39.7 Å². The number of nitrogens with zero attached hydrogens (tertiary/aromatic N) is 6. The topological polar surface area (TPSA) is 201 Å². The number of benzene rings is 4. The van der Waals surface area contributed by atoms with Crippen LogP contribution in [0.3, 0.4) is 0 Å². The molecule has 0 saturated carbocycles. The average molecular weight is 1130 g/mol. The first-order valence-electron chi connectivity index (χ1n) is 27.2. The van der Waals surface area contributed by atoms with Gasteiger partial charge in [0.15, 0.2) is 5.78 Å². The number of fused-ring (bicyclic) bond motifs is 2. The van der Waals surface area contributed by atoms with Crippen LogP contribution in [0.2, 0.25) is 0 Å². The van der Waals surface area contributed by atoms with Crippen LogP contribution < -0.4 is 15.4 Å². The highest BCUT2D eigenvalue weighted by Crippen LogP contribution is 2.36. The number of hydrogen-bond acceptors (Lipinski definition) is 13. The molecule has 6 amide bonds. The lowest BCUT2D eigenvalue weighted by atomic mass is 10.0. The SMILES string of the molecule is COCC#Cc1ccc2c(c1)CN([C@H](C(=O)N1C[C@H](Oc3ccc4c(c3)C(=O)N([C@H](C(=O)N3CC(=O)C[C@H]3C(=O)NCc3ccc(-c5scnc5C)cc3)C(C)C)C4)C[C@H]1C(=O)NCc1ccc(-c3scnc3C)cc1)C(C)C)C2=O. The third-order valence-corrected chi connectivity index (χ3v) is 17.4. The van der Waals surface area contributed by atoms with E-state index in [1.807, 2.05) is 102 Å². The highest BCUT2D eigenvalue weighted by molar-refractivity contribution is 7.13. The second-order valence-corrected chi connectivity index (χ2v) is 23.4. The van der Waals surface area contributed by atoms with Gasteiger partial charge in [-0.1, -0.05) is 94.1 Å². The molecular weight excluding hydrogens is 1060 g/mol. The second kappa shape index (κ2) is 24.0. The van der Waals surface area contributed by atoms with Crippen LogP contribution in [-0.2, 0) is 54.9 Å². The predicted molar refractivity (Wildman–Crippen MR) is 307 cm³/mol. The van der Waals surface area contributed by atoms with Crippen molar-refractivity contribution in [2.75, 3.05) is 26.8 Å². The quantitative estimate of drug-likeness (QED) is 0.0865. The monoisotopic (exact) mass is 1130 g/mol. The normalized spacial score (nSPS) is 18.3. The van der Waals surface area contributed by atoms with Crippen LogP contribution in [0.4, 0.5) is 0 Å². The average Bonchev–Trinajstić information content (AvgIpc) is 4.41. The highest BCUT2D eigenvalue weighted by atomic mass is 32.1. The minimum absolute atomic E-state index is 0.0150. The second-order valence-electron chi connectivity index (χ2n) is 21.7. The fourth-order valence-electron chi connectivity index (χ4n) is 11.4. The maximum absolute atomic E-state index is 15.1. The first-order valence-corrected chi connectivity index (χ1v) is 28.9. The van der Waals surface area contributed by atoms with E-state index in [0.29, 0.717) is 22.4 Å². The molecule has 0 aliphatic carbocycles. The fourth-order valence-corrected chi connectivity index (χ4v) is 13.0. The Kier molecular flexibility index (Phi) is 16.6. The number of amides is 6. The van der Waals surface area contributed by atoms with Crippen molar-refractivity contribution in [3.8, 4) is 38.5 Å². The van der Waals surface area contributed by atoms with Crippen molar-refractivity contribution in [2.24, 2.45) is 11.8 Å². The van der Waals surface area contributed by atoms with E-state index in [4.69, 9.17) is 9.47 Å². The molecule has 2 N–H and O–H groups in total. The number of aromatic nitrogens is 2. The summed E-state index contributed by atoms with van der Waals surface area (Å²) < 4.78 is 11.7. The molecule has 2 aromatic heterocycles. The maximum atomic E-state index is 15.1. The largest absolute Gasteiger partial charge is 0.488 e. The van der Waals surface area contributed by atoms with Crippen LogP contribution in [0.25, 0.3) is 20.9 Å². The molecule has 0 spiro atoms. The smallest absolute Gasteiger partial charge is 0.255 e. The maximum Gasteiger partial charge on any atom is 0.255 e. The van der Waals surface area contributed by atoms with Gasteiger partial charge in [0.1, 0.15) is 42.6 Å². The zero-order valence-corrected chi connectivity index (χ0v) is 48.0. The molecule has 0 bridgehead atoms. The molecule has 0 radical (unpaired) electrons. The zero-order valence-electron chi connectivity index (χ0n) is 46.3. The Labute approximate surface area is 479 Å². The Balaban J connectivity index is 0.838. The molecule has 6 aromatic rings. The summed E-state index contributed by atoms with van der Waals surface area (Å²) in [4.78, 5) is 116. The molecule has 2 saturated heterocycles. The van der Waals surface area contributed by atoms with Gasteiger partial charge in [-0.3, -0.25) is 33.6 Å². The summed E-state index contributed by atoms with van der Waals surface area (Å²) in [7, 11) is 1.57. The van der Waals surface area contributed by atoms with Crippen molar-refractivity contribution in [3.05, 3.63) is 146 Å². The van der Waals surface area contributed by atoms with Gasteiger partial charge in [0.2, 0.25) is 23.6 Å². The minimum atomic E-state index is -1.04. The van der Waals surface area contributed by atoms with Gasteiger partial charge in [-0.2, -0.15) is 0 Å². The van der Waals surface area contributed by atoms with Gasteiger partial charge in [0.25, 0.3) is 11.8 Å². The Morgan fingerprint density at radius 3 is 1.78 bits per heavy atom. The third kappa shape index (κ3) is 11.8. The molecule has 10 rings (SSSR count). The summed E-state index contributed by atoms with van der Waals surface area (Å²) in [5, 5.41) is 5.99. The van der Waals surface area contributed by atoms with Gasteiger partial charge in [-0.25, -0.2) is 9.97 Å². The Bertz CT molecular complexity index is 3490. The zero-order chi connectivity index (χ0) is 57.2. The molecule has 19 heteroatoms. The first-order chi connectivity index (χ1) is 39.0. The third-order valence-electron chi connectivity index (χ3n) is 15.5. The van der Waals surface area contributed by atoms with Crippen LogP contribution in [-0.4, -0.2) is 128 Å². The fraction of sp³-hybridized carbons (Fsp3) is 0.371. The van der Waals surface area contributed by atoms with E-state index in [0.717, 1.165) is 54.5 Å². The summed E-state index contributed by atoms with van der Waals surface area (Å²) in [6, 6.07) is 22.3. The van der Waals surface area contributed by atoms with Gasteiger partial charge in [0.05, 0.1) is 45.3 Å². The Morgan fingerprint density at radius 2 is 1.22 bits per heavy atom. The van der Waals surface area contributed by atoms with Crippen molar-refractivity contribution < 1.29 is 43.0 Å². The van der Waals surface area contributed by atoms with Crippen molar-refractivity contribution in [2.45, 2.75) is 111 Å². The number of methoxy groups -OCH3 is 1. The van der Waals surface area contributed by atoms with Gasteiger partial charge in [-0.15, -0.1) is 22.7 Å². The van der Waals surface area contributed by atoms with E-state index >= 15 is 4.79 Å². The summed E-state index contributed by atoms with van der Waals surface area (Å²) in [5.41, 5.74) is 12.2. The summed E-state index contributed by atoms with van der Waals surface area (Å²) in [6.45, 7) is 12.1. The number of likely N-dealkylation sites (tertiary alicyclic amines) is 2. The van der Waals surface area contributed by atoms with Crippen LogP contribution in [0.1, 0.15) is 100 Å². The molecule has 4 aromatic carbocycles. The van der Waals surface area contributed by atoms with Crippen LogP contribution in [0, 0.1) is 37.5 Å². The molecule has 4 aliphatic heterocycles. The standard InChI is InChI=1S/C62H64N8O9S2/c1-35(2)53(61(76)67-31-46(71)24-51(67)57(72)63-27-40-10-15-42(16-11-40)55-37(5)65-33-80-55)69-29-44-19-20-47(25-50(44)60(69)75)79-48-26-52(58(73)64-28-41-12-17-43(18-13-41)56-38(6)66-34-81-56)68(32-48)62(77)54(36(3)4)70-30-45-23-39(9-8-22-78-7)14-21-49(45)59(70)74/h10-21,23,25,33-36,48,51-54H,22,24,26-32H2,1-7H3,(H,63,72)(H,64,73)/t48-,51+,52+,53+,54+/m1/s1. The molecule has 5 atom stereocenters. The van der Waals surface area contributed by atoms with Crippen LogP contribution in [0.15, 0.2) is 96.0 Å². The van der Waals surface area contributed by atoms with Crippen molar-refractivity contribution in [1.29, 1.82) is 0 Å². The number of aryl methyl sites for hydroxylation is 2. The lowest BCUT2D eigenvalue weighted by Crippen LogP contribution is -2.55. The van der Waals surface area contributed by atoms with E-state index in [1.165, 1.54) is 14.7 Å². The highest BCUT2D eigenvalue weighted by Gasteiger charge is 2.49. The number of rotatable bonds is 17. The Hall–Kier alpha value is -8.05. The van der Waals surface area contributed by atoms with Crippen molar-refractivity contribution in [1.82, 2.24) is 40.2 Å². The molecule has 6 heterocycles. The Morgan fingerprint density at radius 1 is 0.667 bits per heavy atom. The van der Waals surface area contributed by atoms with E-state index < -0.39 is 53.9 Å². The van der Waals surface area contributed by atoms with Crippen LogP contribution in [0.5, 0.6) is 5.75 Å². The van der Waals surface area contributed by atoms with E-state index in [2.05, 4.69) is 32.4 Å². The van der Waals surface area contributed by atoms with Crippen molar-refractivity contribution in [3.63, 3.8) is 0 Å². The molecular formula is C62H64N8O9S2. The first kappa shape index (κ1) is 56.2.